The van der Waals surface area contributed by atoms with Crippen molar-refractivity contribution in [3.8, 4) is 11.4 Å². The van der Waals surface area contributed by atoms with Crippen molar-refractivity contribution in [2.75, 3.05) is 0 Å². The van der Waals surface area contributed by atoms with Crippen LogP contribution in [0.5, 0.6) is 0 Å². The molecule has 0 saturated heterocycles. The van der Waals surface area contributed by atoms with E-state index in [0.29, 0.717) is 16.5 Å². The Labute approximate surface area is 133 Å². The van der Waals surface area contributed by atoms with Gasteiger partial charge in [0.15, 0.2) is 0 Å². The second-order valence-electron chi connectivity index (χ2n) is 4.54. The summed E-state index contributed by atoms with van der Waals surface area (Å²) in [5.74, 6) is 0.280. The summed E-state index contributed by atoms with van der Waals surface area (Å²) in [6, 6.07) is 10.1. The molecule has 0 saturated carbocycles. The molecule has 0 aliphatic carbocycles. The van der Waals surface area contributed by atoms with E-state index in [-0.39, 0.29) is 11.4 Å². The van der Waals surface area contributed by atoms with Crippen LogP contribution in [0.25, 0.3) is 22.3 Å². The summed E-state index contributed by atoms with van der Waals surface area (Å²) in [4.78, 5) is 18.6. The maximum Gasteiger partial charge on any atom is 0.332 e. The first-order valence-corrected chi connectivity index (χ1v) is 8.27. The summed E-state index contributed by atoms with van der Waals surface area (Å²) >= 11 is 3.28. The van der Waals surface area contributed by atoms with Gasteiger partial charge in [0, 0.05) is 10.0 Å². The number of hydrogen-bond donors (Lipinski definition) is 1. The van der Waals surface area contributed by atoms with Gasteiger partial charge in [-0.2, -0.15) is 8.42 Å². The van der Waals surface area contributed by atoms with Crippen molar-refractivity contribution in [3.05, 3.63) is 57.3 Å². The lowest BCUT2D eigenvalue weighted by Crippen LogP contribution is -2.09. The SMILES string of the molecule is O=c1[nH]c(-c2ccc(S(=O)(=O)F)cc2)nc2ccc(Br)cc12. The molecule has 1 N–H and O–H groups in total. The van der Waals surface area contributed by atoms with Gasteiger partial charge in [0.1, 0.15) is 5.82 Å². The van der Waals surface area contributed by atoms with Crippen LogP contribution in [-0.2, 0) is 10.2 Å². The number of nitrogens with zero attached hydrogens (tertiary/aromatic N) is 1. The van der Waals surface area contributed by atoms with Gasteiger partial charge in [0.05, 0.1) is 15.8 Å². The monoisotopic (exact) mass is 382 g/mol. The van der Waals surface area contributed by atoms with Crippen molar-refractivity contribution < 1.29 is 12.3 Å². The highest BCUT2D eigenvalue weighted by atomic mass is 79.9. The minimum Gasteiger partial charge on any atom is -0.306 e. The quantitative estimate of drug-likeness (QED) is 0.690. The first-order chi connectivity index (χ1) is 10.3. The number of hydrogen-bond acceptors (Lipinski definition) is 4. The molecule has 5 nitrogen and oxygen atoms in total. The fourth-order valence-electron chi connectivity index (χ4n) is 2.02. The molecular formula is C14H8BrFN2O3S. The van der Waals surface area contributed by atoms with E-state index in [1.54, 1.807) is 18.2 Å². The topological polar surface area (TPSA) is 79.9 Å². The van der Waals surface area contributed by atoms with E-state index in [1.165, 1.54) is 12.1 Å². The molecule has 0 amide bonds. The normalized spacial score (nSPS) is 11.7. The molecule has 0 aliphatic heterocycles. The van der Waals surface area contributed by atoms with Crippen LogP contribution in [0.3, 0.4) is 0 Å². The first-order valence-electron chi connectivity index (χ1n) is 6.09. The summed E-state index contributed by atoms with van der Waals surface area (Å²) in [6.45, 7) is 0. The van der Waals surface area contributed by atoms with Crippen LogP contribution in [0.1, 0.15) is 0 Å². The van der Waals surface area contributed by atoms with Crippen molar-refractivity contribution in [2.45, 2.75) is 4.90 Å². The van der Waals surface area contributed by atoms with Crippen molar-refractivity contribution >= 4 is 37.1 Å². The second-order valence-corrected chi connectivity index (χ2v) is 6.80. The average molecular weight is 383 g/mol. The highest BCUT2D eigenvalue weighted by Gasteiger charge is 2.12. The maximum atomic E-state index is 12.9. The summed E-state index contributed by atoms with van der Waals surface area (Å²) < 4.78 is 35.2. The van der Waals surface area contributed by atoms with Crippen LogP contribution in [-0.4, -0.2) is 18.4 Å². The van der Waals surface area contributed by atoms with E-state index >= 15 is 0 Å². The fraction of sp³-hybridized carbons (Fsp3) is 0. The molecule has 3 rings (SSSR count). The molecule has 0 fully saturated rings. The van der Waals surface area contributed by atoms with Crippen molar-refractivity contribution in [3.63, 3.8) is 0 Å². The third kappa shape index (κ3) is 2.79. The largest absolute Gasteiger partial charge is 0.332 e. The number of aromatic nitrogens is 2. The smallest absolute Gasteiger partial charge is 0.306 e. The molecule has 1 aromatic heterocycles. The van der Waals surface area contributed by atoms with Crippen LogP contribution in [0.2, 0.25) is 0 Å². The molecule has 0 atom stereocenters. The lowest BCUT2D eigenvalue weighted by atomic mass is 10.2. The third-order valence-electron chi connectivity index (χ3n) is 3.08. The fourth-order valence-corrected chi connectivity index (χ4v) is 2.85. The molecule has 1 heterocycles. The zero-order valence-electron chi connectivity index (χ0n) is 10.9. The molecule has 0 bridgehead atoms. The molecule has 0 spiro atoms. The van der Waals surface area contributed by atoms with Crippen molar-refractivity contribution in [1.82, 2.24) is 9.97 Å². The Balaban J connectivity index is 2.14. The average Bonchev–Trinajstić information content (AvgIpc) is 2.47. The number of H-pyrrole nitrogens is 1. The van der Waals surface area contributed by atoms with Gasteiger partial charge in [-0.1, -0.05) is 15.9 Å². The van der Waals surface area contributed by atoms with E-state index in [4.69, 9.17) is 0 Å². The number of halogens is 2. The standard InChI is InChI=1S/C14H8BrFN2O3S/c15-9-3-6-12-11(7-9)14(19)18-13(17-12)8-1-4-10(5-2-8)22(16,20)21/h1-7H,(H,17,18,19). The Morgan fingerprint density at radius 1 is 1.09 bits per heavy atom. The van der Waals surface area contributed by atoms with Gasteiger partial charge in [-0.15, -0.1) is 3.89 Å². The lowest BCUT2D eigenvalue weighted by Gasteiger charge is -2.04. The molecule has 22 heavy (non-hydrogen) atoms. The van der Waals surface area contributed by atoms with Gasteiger partial charge >= 0.3 is 10.2 Å². The van der Waals surface area contributed by atoms with E-state index in [1.807, 2.05) is 0 Å². The van der Waals surface area contributed by atoms with Gasteiger partial charge < -0.3 is 4.98 Å². The summed E-state index contributed by atoms with van der Waals surface area (Å²) in [5.41, 5.74) is 0.668. The highest BCUT2D eigenvalue weighted by molar-refractivity contribution is 9.10. The Bertz CT molecular complexity index is 1030. The van der Waals surface area contributed by atoms with Gasteiger partial charge in [0.25, 0.3) is 5.56 Å². The van der Waals surface area contributed by atoms with Crippen molar-refractivity contribution in [2.24, 2.45) is 0 Å². The Hall–Kier alpha value is -2.06. The number of fused-ring (bicyclic) bond motifs is 1. The van der Waals surface area contributed by atoms with Crippen LogP contribution in [0, 0.1) is 0 Å². The number of benzene rings is 2. The third-order valence-corrected chi connectivity index (χ3v) is 4.41. The molecule has 112 valence electrons. The Morgan fingerprint density at radius 2 is 1.77 bits per heavy atom. The van der Waals surface area contributed by atoms with Gasteiger partial charge in [0.2, 0.25) is 0 Å². The predicted molar refractivity (Wildman–Crippen MR) is 83.8 cm³/mol. The van der Waals surface area contributed by atoms with E-state index in [0.717, 1.165) is 16.6 Å². The van der Waals surface area contributed by atoms with Crippen molar-refractivity contribution in [1.29, 1.82) is 0 Å². The van der Waals surface area contributed by atoms with Crippen LogP contribution in [0.15, 0.2) is 56.6 Å². The Kier molecular flexibility index (Phi) is 3.57. The lowest BCUT2D eigenvalue weighted by molar-refractivity contribution is 0.552. The zero-order chi connectivity index (χ0) is 15.9. The molecule has 0 unspecified atom stereocenters. The second kappa shape index (κ2) is 5.29. The molecule has 8 heteroatoms. The van der Waals surface area contributed by atoms with Gasteiger partial charge in [-0.3, -0.25) is 4.79 Å². The summed E-state index contributed by atoms with van der Waals surface area (Å²) in [6.07, 6.45) is 0. The summed E-state index contributed by atoms with van der Waals surface area (Å²) in [5, 5.41) is 0.432. The number of aromatic amines is 1. The van der Waals surface area contributed by atoms with Gasteiger partial charge in [-0.25, -0.2) is 4.98 Å². The molecule has 2 aromatic carbocycles. The van der Waals surface area contributed by atoms with E-state index < -0.39 is 15.1 Å². The predicted octanol–water partition coefficient (Wildman–Crippen LogP) is 3.01. The van der Waals surface area contributed by atoms with E-state index in [9.17, 15) is 17.1 Å². The van der Waals surface area contributed by atoms with Crippen LogP contribution < -0.4 is 5.56 Å². The zero-order valence-corrected chi connectivity index (χ0v) is 13.3. The van der Waals surface area contributed by atoms with Gasteiger partial charge in [-0.05, 0) is 42.5 Å². The minimum atomic E-state index is -4.75. The van der Waals surface area contributed by atoms with Crippen LogP contribution in [0.4, 0.5) is 3.89 Å². The Morgan fingerprint density at radius 3 is 2.41 bits per heavy atom. The number of nitrogens with one attached hydrogen (secondary N) is 1. The highest BCUT2D eigenvalue weighted by Crippen LogP contribution is 2.21. The van der Waals surface area contributed by atoms with Crippen LogP contribution >= 0.6 is 15.9 Å². The molecule has 0 radical (unpaired) electrons. The maximum absolute atomic E-state index is 12.9. The molecular weight excluding hydrogens is 375 g/mol. The summed E-state index contributed by atoms with van der Waals surface area (Å²) in [7, 11) is -4.75. The van der Waals surface area contributed by atoms with E-state index in [2.05, 4.69) is 25.9 Å². The molecule has 3 aromatic rings. The minimum absolute atomic E-state index is 0.280. The first kappa shape index (κ1) is 14.9. The molecule has 0 aliphatic rings. The number of rotatable bonds is 2.